The van der Waals surface area contributed by atoms with Crippen LogP contribution in [0.25, 0.3) is 0 Å². The summed E-state index contributed by atoms with van der Waals surface area (Å²) in [5.41, 5.74) is -0.0801. The van der Waals surface area contributed by atoms with Crippen molar-refractivity contribution in [2.75, 3.05) is 19.0 Å². The van der Waals surface area contributed by atoms with Gasteiger partial charge in [0.2, 0.25) is 0 Å². The molecule has 0 saturated heterocycles. The van der Waals surface area contributed by atoms with E-state index in [4.69, 9.17) is 4.74 Å². The van der Waals surface area contributed by atoms with Crippen molar-refractivity contribution in [3.63, 3.8) is 0 Å². The van der Waals surface area contributed by atoms with E-state index >= 15 is 0 Å². The Labute approximate surface area is 94.6 Å². The maximum atomic E-state index is 13.2. The lowest BCUT2D eigenvalue weighted by atomic mass is 10.1. The molecule has 0 heterocycles. The molecule has 16 heavy (non-hydrogen) atoms. The number of methoxy groups -OCH3 is 1. The quantitative estimate of drug-likeness (QED) is 0.837. The molecule has 1 N–H and O–H groups in total. The Morgan fingerprint density at radius 3 is 2.62 bits per heavy atom. The number of halogens is 2. The number of benzene rings is 1. The van der Waals surface area contributed by atoms with E-state index in [1.807, 2.05) is 13.8 Å². The summed E-state index contributed by atoms with van der Waals surface area (Å²) < 4.78 is 31.3. The molecule has 0 atom stereocenters. The van der Waals surface area contributed by atoms with E-state index in [1.54, 1.807) is 7.11 Å². The van der Waals surface area contributed by atoms with E-state index in [0.717, 1.165) is 6.07 Å². The van der Waals surface area contributed by atoms with Gasteiger partial charge in [-0.05, 0) is 32.4 Å². The third-order valence-corrected chi connectivity index (χ3v) is 2.55. The second-order valence-electron chi connectivity index (χ2n) is 4.24. The van der Waals surface area contributed by atoms with Crippen LogP contribution in [0.2, 0.25) is 0 Å². The molecule has 1 rings (SSSR count). The molecule has 0 fully saturated rings. The van der Waals surface area contributed by atoms with E-state index in [1.165, 1.54) is 12.1 Å². The first-order valence-corrected chi connectivity index (χ1v) is 5.19. The van der Waals surface area contributed by atoms with Gasteiger partial charge in [0.05, 0.1) is 11.3 Å². The van der Waals surface area contributed by atoms with Crippen molar-refractivity contribution in [3.05, 3.63) is 29.8 Å². The SMILES string of the molecule is COC(C)(C)CCNc1cccc(F)c1F. The van der Waals surface area contributed by atoms with E-state index in [-0.39, 0.29) is 11.3 Å². The highest BCUT2D eigenvalue weighted by atomic mass is 19.2. The number of hydrogen-bond donors (Lipinski definition) is 1. The summed E-state index contributed by atoms with van der Waals surface area (Å²) >= 11 is 0. The van der Waals surface area contributed by atoms with Crippen molar-refractivity contribution < 1.29 is 13.5 Å². The minimum absolute atomic E-state index is 0.187. The van der Waals surface area contributed by atoms with Gasteiger partial charge in [0.25, 0.3) is 0 Å². The highest BCUT2D eigenvalue weighted by molar-refractivity contribution is 5.44. The Morgan fingerprint density at radius 1 is 1.31 bits per heavy atom. The molecule has 0 amide bonds. The molecule has 0 aromatic heterocycles. The Bertz CT molecular complexity index is 353. The molecule has 4 heteroatoms. The largest absolute Gasteiger partial charge is 0.382 e. The molecule has 0 saturated carbocycles. The number of rotatable bonds is 5. The van der Waals surface area contributed by atoms with Gasteiger partial charge in [0.15, 0.2) is 11.6 Å². The van der Waals surface area contributed by atoms with Gasteiger partial charge in [-0.3, -0.25) is 0 Å². The van der Waals surface area contributed by atoms with E-state index in [2.05, 4.69) is 5.32 Å². The molecule has 1 aromatic rings. The molecule has 90 valence electrons. The van der Waals surface area contributed by atoms with Gasteiger partial charge in [-0.25, -0.2) is 8.78 Å². The van der Waals surface area contributed by atoms with Crippen LogP contribution in [0.15, 0.2) is 18.2 Å². The van der Waals surface area contributed by atoms with Gasteiger partial charge in [-0.1, -0.05) is 6.07 Å². The van der Waals surface area contributed by atoms with E-state index in [9.17, 15) is 8.78 Å². The van der Waals surface area contributed by atoms with Crippen molar-refractivity contribution >= 4 is 5.69 Å². The van der Waals surface area contributed by atoms with Crippen LogP contribution in [-0.4, -0.2) is 19.3 Å². The van der Waals surface area contributed by atoms with Gasteiger partial charge in [0, 0.05) is 13.7 Å². The van der Waals surface area contributed by atoms with E-state index in [0.29, 0.717) is 13.0 Å². The van der Waals surface area contributed by atoms with Crippen LogP contribution < -0.4 is 5.32 Å². The van der Waals surface area contributed by atoms with Crippen molar-refractivity contribution in [1.82, 2.24) is 0 Å². The van der Waals surface area contributed by atoms with Crippen molar-refractivity contribution in [1.29, 1.82) is 0 Å². The minimum atomic E-state index is -0.837. The molecule has 1 aromatic carbocycles. The predicted molar refractivity (Wildman–Crippen MR) is 60.6 cm³/mol. The fourth-order valence-electron chi connectivity index (χ4n) is 1.24. The van der Waals surface area contributed by atoms with Gasteiger partial charge in [-0.2, -0.15) is 0 Å². The summed E-state index contributed by atoms with van der Waals surface area (Å²) in [5.74, 6) is -1.67. The first kappa shape index (κ1) is 12.9. The molecule has 0 spiro atoms. The van der Waals surface area contributed by atoms with Gasteiger partial charge in [0.1, 0.15) is 0 Å². The van der Waals surface area contributed by atoms with Gasteiger partial charge >= 0.3 is 0 Å². The molecule has 0 aliphatic heterocycles. The van der Waals surface area contributed by atoms with Gasteiger partial charge in [-0.15, -0.1) is 0 Å². The summed E-state index contributed by atoms with van der Waals surface area (Å²) in [5, 5.41) is 2.85. The number of anilines is 1. The maximum Gasteiger partial charge on any atom is 0.181 e. The van der Waals surface area contributed by atoms with Crippen LogP contribution in [0.4, 0.5) is 14.5 Å². The fraction of sp³-hybridized carbons (Fsp3) is 0.500. The summed E-state index contributed by atoms with van der Waals surface area (Å²) in [6.07, 6.45) is 0.708. The maximum absolute atomic E-state index is 13.2. The van der Waals surface area contributed by atoms with Crippen LogP contribution in [0.1, 0.15) is 20.3 Å². The molecule has 0 unspecified atom stereocenters. The monoisotopic (exact) mass is 229 g/mol. The molecule has 0 bridgehead atoms. The number of ether oxygens (including phenoxy) is 1. The summed E-state index contributed by atoms with van der Waals surface area (Å²) in [4.78, 5) is 0. The number of hydrogen-bond acceptors (Lipinski definition) is 2. The Hall–Kier alpha value is -1.16. The smallest absolute Gasteiger partial charge is 0.181 e. The van der Waals surface area contributed by atoms with Crippen molar-refractivity contribution in [2.24, 2.45) is 0 Å². The summed E-state index contributed by atoms with van der Waals surface area (Å²) in [6.45, 7) is 4.41. The zero-order valence-electron chi connectivity index (χ0n) is 9.81. The first-order valence-electron chi connectivity index (χ1n) is 5.19. The zero-order chi connectivity index (χ0) is 12.2. The minimum Gasteiger partial charge on any atom is -0.382 e. The average Bonchev–Trinajstić information content (AvgIpc) is 2.24. The molecule has 0 aliphatic rings. The third kappa shape index (κ3) is 3.45. The molecular formula is C12H17F2NO. The normalized spacial score (nSPS) is 11.6. The highest BCUT2D eigenvalue weighted by Gasteiger charge is 2.16. The van der Waals surface area contributed by atoms with Gasteiger partial charge < -0.3 is 10.1 Å². The topological polar surface area (TPSA) is 21.3 Å². The second-order valence-corrected chi connectivity index (χ2v) is 4.24. The average molecular weight is 229 g/mol. The summed E-state index contributed by atoms with van der Waals surface area (Å²) in [7, 11) is 1.63. The number of nitrogens with one attached hydrogen (secondary N) is 1. The second kappa shape index (κ2) is 5.25. The van der Waals surface area contributed by atoms with Crippen LogP contribution in [0, 0.1) is 11.6 Å². The Morgan fingerprint density at radius 2 is 2.00 bits per heavy atom. The van der Waals surface area contributed by atoms with Crippen molar-refractivity contribution in [3.8, 4) is 0 Å². The molecule has 2 nitrogen and oxygen atoms in total. The van der Waals surface area contributed by atoms with E-state index < -0.39 is 11.6 Å². The lowest BCUT2D eigenvalue weighted by Crippen LogP contribution is -2.25. The third-order valence-electron chi connectivity index (χ3n) is 2.55. The zero-order valence-corrected chi connectivity index (χ0v) is 9.81. The molecule has 0 radical (unpaired) electrons. The molecule has 0 aliphatic carbocycles. The van der Waals surface area contributed by atoms with Crippen LogP contribution in [-0.2, 0) is 4.74 Å². The van der Waals surface area contributed by atoms with Crippen LogP contribution >= 0.6 is 0 Å². The van der Waals surface area contributed by atoms with Crippen molar-refractivity contribution in [2.45, 2.75) is 25.9 Å². The standard InChI is InChI=1S/C12H17F2NO/c1-12(2,16-3)7-8-15-10-6-4-5-9(13)11(10)14/h4-6,15H,7-8H2,1-3H3. The Balaban J connectivity index is 2.53. The lowest BCUT2D eigenvalue weighted by molar-refractivity contribution is 0.0184. The lowest BCUT2D eigenvalue weighted by Gasteiger charge is -2.23. The van der Waals surface area contributed by atoms with Crippen LogP contribution in [0.5, 0.6) is 0 Å². The Kier molecular flexibility index (Phi) is 4.24. The summed E-state index contributed by atoms with van der Waals surface area (Å²) in [6, 6.07) is 4.08. The first-order chi connectivity index (χ1) is 7.46. The highest BCUT2D eigenvalue weighted by Crippen LogP contribution is 2.18. The molecular weight excluding hydrogens is 212 g/mol. The fourth-order valence-corrected chi connectivity index (χ4v) is 1.24. The predicted octanol–water partition coefficient (Wildman–Crippen LogP) is 3.19. The van der Waals surface area contributed by atoms with Crippen LogP contribution in [0.3, 0.4) is 0 Å².